The number of carbonyl (C=O) groups excluding carboxylic acids is 1. The third-order valence-electron chi connectivity index (χ3n) is 2.84. The van der Waals surface area contributed by atoms with Gasteiger partial charge in [0.25, 0.3) is 0 Å². The van der Waals surface area contributed by atoms with E-state index in [0.29, 0.717) is 11.1 Å². The van der Waals surface area contributed by atoms with E-state index in [1.54, 1.807) is 32.9 Å². The first-order chi connectivity index (χ1) is 10.9. The molecule has 24 heavy (non-hydrogen) atoms. The van der Waals surface area contributed by atoms with Crippen LogP contribution in [-0.2, 0) is 26.7 Å². The minimum absolute atomic E-state index is 0.0186. The third kappa shape index (κ3) is 8.10. The van der Waals surface area contributed by atoms with Crippen molar-refractivity contribution in [3.05, 3.63) is 35.4 Å². The van der Waals surface area contributed by atoms with Crippen molar-refractivity contribution in [3.63, 3.8) is 0 Å². The van der Waals surface area contributed by atoms with E-state index in [-0.39, 0.29) is 12.6 Å². The van der Waals surface area contributed by atoms with Crippen LogP contribution in [0.15, 0.2) is 24.3 Å². The summed E-state index contributed by atoms with van der Waals surface area (Å²) in [5, 5.41) is 11.5. The minimum Gasteiger partial charge on any atom is -0.480 e. The molecular weight excluding hydrogens is 337 g/mol. The van der Waals surface area contributed by atoms with E-state index in [1.807, 2.05) is 0 Å². The molecule has 0 fully saturated rings. The van der Waals surface area contributed by atoms with Crippen molar-refractivity contribution >= 4 is 19.7 Å². The van der Waals surface area contributed by atoms with Crippen molar-refractivity contribution in [1.29, 1.82) is 0 Å². The molecule has 0 saturated carbocycles. The van der Waals surface area contributed by atoms with E-state index in [0.717, 1.165) is 0 Å². The van der Waals surface area contributed by atoms with Crippen molar-refractivity contribution in [2.75, 3.05) is 0 Å². The lowest BCUT2D eigenvalue weighted by atomic mass is 10.0. The van der Waals surface area contributed by atoms with Crippen LogP contribution in [0.25, 0.3) is 0 Å². The fraction of sp³-hybridized carbons (Fsp3) is 0.467. The maximum atomic E-state index is 11.7. The molecule has 1 amide bonds. The molecule has 0 aromatic heterocycles. The smallest absolute Gasteiger partial charge is 0.408 e. The topological polar surface area (TPSA) is 133 Å². The van der Waals surface area contributed by atoms with Gasteiger partial charge in [-0.3, -0.25) is 4.57 Å². The number of benzene rings is 1. The summed E-state index contributed by atoms with van der Waals surface area (Å²) in [6, 6.07) is 4.99. The third-order valence-corrected chi connectivity index (χ3v) is 3.62. The first-order valence-corrected chi connectivity index (χ1v) is 9.00. The lowest BCUT2D eigenvalue weighted by Crippen LogP contribution is -2.44. The highest BCUT2D eigenvalue weighted by Crippen LogP contribution is 2.38. The number of alkyl carbamates (subject to hydrolysis) is 1. The van der Waals surface area contributed by atoms with Gasteiger partial charge in [-0.1, -0.05) is 24.3 Å². The van der Waals surface area contributed by atoms with E-state index in [9.17, 15) is 19.3 Å². The number of aliphatic carboxylic acids is 1. The number of hydrogen-bond donors (Lipinski definition) is 4. The summed E-state index contributed by atoms with van der Waals surface area (Å²) in [5.74, 6) is -1.21. The molecule has 4 N–H and O–H groups in total. The molecule has 9 heteroatoms. The highest BCUT2D eigenvalue weighted by molar-refractivity contribution is 7.50. The van der Waals surface area contributed by atoms with Gasteiger partial charge in [-0.15, -0.1) is 0 Å². The van der Waals surface area contributed by atoms with Crippen LogP contribution in [0.2, 0.25) is 0 Å². The zero-order chi connectivity index (χ0) is 18.5. The molecule has 0 unspecified atom stereocenters. The average molecular weight is 359 g/mol. The molecule has 0 radical (unpaired) electrons. The SMILES string of the molecule is CC(C)(C)OC(=O)N[C@@H](Cc1ccc(CP(=O)(O)O)cc1)C(=O)O. The van der Waals surface area contributed by atoms with Crippen LogP contribution in [-0.4, -0.2) is 38.6 Å². The first-order valence-electron chi connectivity index (χ1n) is 7.20. The molecule has 0 bridgehead atoms. The van der Waals surface area contributed by atoms with Crippen LogP contribution in [0.1, 0.15) is 31.9 Å². The zero-order valence-corrected chi connectivity index (χ0v) is 14.6. The molecule has 8 nitrogen and oxygen atoms in total. The quantitative estimate of drug-likeness (QED) is 0.570. The van der Waals surface area contributed by atoms with E-state index >= 15 is 0 Å². The molecule has 0 aliphatic heterocycles. The normalized spacial score (nSPS) is 13.2. The Balaban J connectivity index is 2.73. The van der Waals surface area contributed by atoms with Gasteiger partial charge >= 0.3 is 19.7 Å². The molecule has 134 valence electrons. The van der Waals surface area contributed by atoms with Crippen LogP contribution >= 0.6 is 7.60 Å². The van der Waals surface area contributed by atoms with Crippen LogP contribution in [0.3, 0.4) is 0 Å². The molecule has 1 aromatic rings. The Labute approximate surface area is 140 Å². The van der Waals surface area contributed by atoms with Gasteiger partial charge < -0.3 is 24.9 Å². The predicted octanol–water partition coefficient (Wildman–Crippen LogP) is 1.88. The Morgan fingerprint density at radius 1 is 1.17 bits per heavy atom. The molecule has 0 spiro atoms. The van der Waals surface area contributed by atoms with E-state index < -0.39 is 31.3 Å². The molecule has 0 saturated heterocycles. The Morgan fingerprint density at radius 3 is 2.08 bits per heavy atom. The lowest BCUT2D eigenvalue weighted by molar-refractivity contribution is -0.139. The number of amides is 1. The van der Waals surface area contributed by atoms with Gasteiger partial charge in [0.15, 0.2) is 0 Å². The monoisotopic (exact) mass is 359 g/mol. The van der Waals surface area contributed by atoms with Crippen LogP contribution < -0.4 is 5.32 Å². The maximum absolute atomic E-state index is 11.7. The molecule has 1 aromatic carbocycles. The Morgan fingerprint density at radius 2 is 1.67 bits per heavy atom. The molecule has 1 rings (SSSR count). The molecule has 0 aliphatic carbocycles. The molecule has 0 heterocycles. The number of hydrogen-bond acceptors (Lipinski definition) is 4. The predicted molar refractivity (Wildman–Crippen MR) is 86.7 cm³/mol. The Kier molecular flexibility index (Phi) is 6.54. The number of rotatable bonds is 6. The van der Waals surface area contributed by atoms with Gasteiger partial charge in [0.1, 0.15) is 11.6 Å². The summed E-state index contributed by atoms with van der Waals surface area (Å²) in [5.41, 5.74) is 0.309. The van der Waals surface area contributed by atoms with Gasteiger partial charge in [-0.05, 0) is 31.9 Å². The average Bonchev–Trinajstić information content (AvgIpc) is 2.36. The van der Waals surface area contributed by atoms with Gasteiger partial charge in [0, 0.05) is 6.42 Å². The Bertz CT molecular complexity index is 630. The van der Waals surface area contributed by atoms with Crippen molar-refractivity contribution in [2.45, 2.75) is 45.0 Å². The van der Waals surface area contributed by atoms with Crippen LogP contribution in [0.4, 0.5) is 4.79 Å². The molecular formula is C15H22NO7P. The fourth-order valence-electron chi connectivity index (χ4n) is 1.90. The summed E-state index contributed by atoms with van der Waals surface area (Å²) < 4.78 is 16.0. The van der Waals surface area contributed by atoms with E-state index in [1.165, 1.54) is 12.1 Å². The number of nitrogens with one attached hydrogen (secondary N) is 1. The summed E-state index contributed by atoms with van der Waals surface area (Å²) in [7, 11) is -4.15. The molecule has 0 aliphatic rings. The Hall–Kier alpha value is -1.89. The van der Waals surface area contributed by atoms with E-state index in [4.69, 9.17) is 14.5 Å². The van der Waals surface area contributed by atoms with Gasteiger partial charge in [0.05, 0.1) is 6.16 Å². The van der Waals surface area contributed by atoms with Crippen molar-refractivity contribution < 1.29 is 33.8 Å². The summed E-state index contributed by atoms with van der Waals surface area (Å²) in [4.78, 5) is 40.8. The minimum atomic E-state index is -4.15. The van der Waals surface area contributed by atoms with Gasteiger partial charge in [0.2, 0.25) is 0 Å². The fourth-order valence-corrected chi connectivity index (χ4v) is 2.59. The standard InChI is InChI=1S/C15H22NO7P/c1-15(2,3)23-14(19)16-12(13(17)18)8-10-4-6-11(7-5-10)9-24(20,21)22/h4-7,12H,8-9H2,1-3H3,(H,16,19)(H,17,18)(H2,20,21,22)/t12-/m0/s1. The highest BCUT2D eigenvalue weighted by atomic mass is 31.2. The number of carbonyl (C=O) groups is 2. The second-order valence-electron chi connectivity index (χ2n) is 6.38. The molecule has 1 atom stereocenters. The number of ether oxygens (including phenoxy) is 1. The van der Waals surface area contributed by atoms with Crippen molar-refractivity contribution in [1.82, 2.24) is 5.32 Å². The van der Waals surface area contributed by atoms with Crippen molar-refractivity contribution in [2.24, 2.45) is 0 Å². The van der Waals surface area contributed by atoms with E-state index in [2.05, 4.69) is 5.32 Å². The van der Waals surface area contributed by atoms with Crippen LogP contribution in [0, 0.1) is 0 Å². The van der Waals surface area contributed by atoms with Gasteiger partial charge in [-0.2, -0.15) is 0 Å². The lowest BCUT2D eigenvalue weighted by Gasteiger charge is -2.22. The summed E-state index contributed by atoms with van der Waals surface area (Å²) >= 11 is 0. The summed E-state index contributed by atoms with van der Waals surface area (Å²) in [6.07, 6.45) is -1.19. The second-order valence-corrected chi connectivity index (χ2v) is 8.03. The summed E-state index contributed by atoms with van der Waals surface area (Å²) in [6.45, 7) is 5.01. The maximum Gasteiger partial charge on any atom is 0.408 e. The highest BCUT2D eigenvalue weighted by Gasteiger charge is 2.24. The van der Waals surface area contributed by atoms with Crippen LogP contribution in [0.5, 0.6) is 0 Å². The largest absolute Gasteiger partial charge is 0.480 e. The second kappa shape index (κ2) is 7.79. The van der Waals surface area contributed by atoms with Crippen molar-refractivity contribution in [3.8, 4) is 0 Å². The number of carboxylic acid groups (broad SMARTS) is 1. The van der Waals surface area contributed by atoms with Gasteiger partial charge in [-0.25, -0.2) is 9.59 Å². The zero-order valence-electron chi connectivity index (χ0n) is 13.7. The first kappa shape index (κ1) is 20.2. The number of carboxylic acids is 1.